The number of hydrogen-bond donors (Lipinski definition) is 0. The smallest absolute Gasteiger partial charge is 0.0307 e. The number of aryl methyl sites for hydroxylation is 2. The zero-order chi connectivity index (χ0) is 18.6. The Morgan fingerprint density at radius 1 is 0.400 bits per heavy atom. The van der Waals surface area contributed by atoms with Gasteiger partial charge in [0, 0.05) is 0 Å². The van der Waals surface area contributed by atoms with E-state index < -0.39 is 0 Å². The highest BCUT2D eigenvalue weighted by molar-refractivity contribution is 5.14. The van der Waals surface area contributed by atoms with Gasteiger partial charge in [-0.05, 0) is 24.0 Å². The van der Waals surface area contributed by atoms with Gasteiger partial charge in [-0.15, -0.1) is 0 Å². The second-order valence-electron chi connectivity index (χ2n) is 5.54. The van der Waals surface area contributed by atoms with Gasteiger partial charge in [0.25, 0.3) is 0 Å². The minimum Gasteiger partial charge on any atom is -0.0656 e. The van der Waals surface area contributed by atoms with Crippen molar-refractivity contribution >= 4 is 0 Å². The lowest BCUT2D eigenvalue weighted by molar-refractivity contribution is 1.09. The Bertz CT molecular complexity index is 504. The van der Waals surface area contributed by atoms with Gasteiger partial charge < -0.3 is 0 Å². The lowest BCUT2D eigenvalue weighted by Gasteiger charge is -1.89. The molecule has 0 bridgehead atoms. The summed E-state index contributed by atoms with van der Waals surface area (Å²) in [4.78, 5) is 0. The van der Waals surface area contributed by atoms with E-state index >= 15 is 0 Å². The van der Waals surface area contributed by atoms with Crippen LogP contribution in [-0.4, -0.2) is 0 Å². The van der Waals surface area contributed by atoms with Crippen molar-refractivity contribution in [3.63, 3.8) is 0 Å². The van der Waals surface area contributed by atoms with E-state index in [9.17, 15) is 0 Å². The molecule has 0 saturated carbocycles. The van der Waals surface area contributed by atoms with Crippen molar-refractivity contribution in [2.75, 3.05) is 0 Å². The van der Waals surface area contributed by atoms with E-state index in [4.69, 9.17) is 0 Å². The third-order valence-corrected chi connectivity index (χ3v) is 3.17. The molecule has 0 aliphatic carbocycles. The molecule has 0 spiro atoms. The van der Waals surface area contributed by atoms with Crippen molar-refractivity contribution in [3.05, 3.63) is 108 Å². The zero-order valence-corrected chi connectivity index (χ0v) is 16.4. The molecule has 0 fully saturated rings. The van der Waals surface area contributed by atoms with Crippen LogP contribution in [0.1, 0.15) is 45.2 Å². The molecular weight excluding hydrogens is 300 g/mol. The predicted molar refractivity (Wildman–Crippen MR) is 114 cm³/mol. The lowest BCUT2D eigenvalue weighted by Crippen LogP contribution is -1.73. The predicted octanol–water partition coefficient (Wildman–Crippen LogP) is 7.60. The first-order chi connectivity index (χ1) is 12.3. The Hall–Kier alpha value is -2.34. The molecule has 3 aromatic carbocycles. The molecule has 0 heteroatoms. The number of hydrogen-bond acceptors (Lipinski definition) is 0. The van der Waals surface area contributed by atoms with Crippen LogP contribution >= 0.6 is 0 Å². The first-order valence-corrected chi connectivity index (χ1v) is 9.36. The van der Waals surface area contributed by atoms with Crippen LogP contribution in [0.5, 0.6) is 0 Å². The molecule has 0 aliphatic heterocycles. The third kappa shape index (κ3) is 15.0. The highest BCUT2D eigenvalue weighted by atomic mass is 13.9. The fraction of sp³-hybridized carbons (Fsp3) is 0.280. The SMILES string of the molecule is CCC.CCc1ccccc1.CCc1ccccc1.c1ccccc1. The minimum absolute atomic E-state index is 1.14. The molecule has 0 nitrogen and oxygen atoms in total. The van der Waals surface area contributed by atoms with Gasteiger partial charge in [-0.3, -0.25) is 0 Å². The van der Waals surface area contributed by atoms with Crippen molar-refractivity contribution in [1.29, 1.82) is 0 Å². The summed E-state index contributed by atoms with van der Waals surface area (Å²) in [6.45, 7) is 8.57. The molecule has 3 rings (SSSR count). The van der Waals surface area contributed by atoms with E-state index in [1.54, 1.807) is 0 Å². The largest absolute Gasteiger partial charge is 0.0656 e. The van der Waals surface area contributed by atoms with Gasteiger partial charge in [0.15, 0.2) is 0 Å². The van der Waals surface area contributed by atoms with Crippen LogP contribution in [0.15, 0.2) is 97.1 Å². The standard InChI is InChI=1S/2C8H10.C6H6.C3H8/c2*1-2-8-6-4-3-5-7-8;1-2-4-6-5-3-1;1-3-2/h2*3-7H,2H2,1H3;1-6H;3H2,1-2H3. The molecule has 0 saturated heterocycles. The maximum absolute atomic E-state index is 2.16. The van der Waals surface area contributed by atoms with Gasteiger partial charge in [-0.2, -0.15) is 0 Å². The van der Waals surface area contributed by atoms with Gasteiger partial charge in [-0.1, -0.05) is 131 Å². The molecule has 0 radical (unpaired) electrons. The second kappa shape index (κ2) is 18.0. The number of benzene rings is 3. The number of rotatable bonds is 2. The third-order valence-electron chi connectivity index (χ3n) is 3.17. The monoisotopic (exact) mass is 334 g/mol. The van der Waals surface area contributed by atoms with Crippen LogP contribution in [0.25, 0.3) is 0 Å². The highest BCUT2D eigenvalue weighted by Crippen LogP contribution is 1.97. The summed E-state index contributed by atoms with van der Waals surface area (Å²) in [5.41, 5.74) is 2.82. The fourth-order valence-corrected chi connectivity index (χ4v) is 1.81. The Kier molecular flexibility index (Phi) is 16.3. The molecule has 0 amide bonds. The molecule has 3 aromatic rings. The average Bonchev–Trinajstić information content (AvgIpc) is 2.72. The summed E-state index contributed by atoms with van der Waals surface area (Å²) < 4.78 is 0. The second-order valence-corrected chi connectivity index (χ2v) is 5.54. The maximum Gasteiger partial charge on any atom is -0.0307 e. The van der Waals surface area contributed by atoms with Crippen molar-refractivity contribution < 1.29 is 0 Å². The topological polar surface area (TPSA) is 0 Å². The molecule has 0 aromatic heterocycles. The molecule has 0 aliphatic rings. The molecule has 0 atom stereocenters. The molecule has 0 heterocycles. The first kappa shape index (κ1) is 22.7. The Morgan fingerprint density at radius 3 is 0.760 bits per heavy atom. The van der Waals surface area contributed by atoms with Crippen LogP contribution in [0, 0.1) is 0 Å². The molecular formula is C25H34. The van der Waals surface area contributed by atoms with Crippen LogP contribution < -0.4 is 0 Å². The van der Waals surface area contributed by atoms with Gasteiger partial charge in [-0.25, -0.2) is 0 Å². The van der Waals surface area contributed by atoms with Gasteiger partial charge in [0.2, 0.25) is 0 Å². The average molecular weight is 335 g/mol. The maximum atomic E-state index is 2.16. The van der Waals surface area contributed by atoms with Crippen LogP contribution in [0.2, 0.25) is 0 Å². The quantitative estimate of drug-likeness (QED) is 0.452. The van der Waals surface area contributed by atoms with Gasteiger partial charge in [0.1, 0.15) is 0 Å². The van der Waals surface area contributed by atoms with E-state index in [1.165, 1.54) is 17.5 Å². The summed E-state index contributed by atoms with van der Waals surface area (Å²) in [7, 11) is 0. The van der Waals surface area contributed by atoms with E-state index in [1.807, 2.05) is 48.5 Å². The van der Waals surface area contributed by atoms with Gasteiger partial charge in [0.05, 0.1) is 0 Å². The van der Waals surface area contributed by atoms with Gasteiger partial charge >= 0.3 is 0 Å². The van der Waals surface area contributed by atoms with Crippen molar-refractivity contribution in [2.45, 2.75) is 47.0 Å². The molecule has 25 heavy (non-hydrogen) atoms. The normalized spacial score (nSPS) is 8.48. The fourth-order valence-electron chi connectivity index (χ4n) is 1.81. The van der Waals surface area contributed by atoms with Crippen LogP contribution in [-0.2, 0) is 12.8 Å². The van der Waals surface area contributed by atoms with Crippen molar-refractivity contribution in [2.24, 2.45) is 0 Å². The summed E-state index contributed by atoms with van der Waals surface area (Å²) in [5, 5.41) is 0. The molecule has 0 unspecified atom stereocenters. The van der Waals surface area contributed by atoms with E-state index in [-0.39, 0.29) is 0 Å². The Morgan fingerprint density at radius 2 is 0.600 bits per heavy atom. The highest BCUT2D eigenvalue weighted by Gasteiger charge is 1.80. The van der Waals surface area contributed by atoms with E-state index in [0.29, 0.717) is 0 Å². The zero-order valence-electron chi connectivity index (χ0n) is 16.4. The van der Waals surface area contributed by atoms with Crippen molar-refractivity contribution in [3.8, 4) is 0 Å². The first-order valence-electron chi connectivity index (χ1n) is 9.36. The summed E-state index contributed by atoms with van der Waals surface area (Å²) >= 11 is 0. The summed E-state index contributed by atoms with van der Waals surface area (Å²) in [6.07, 6.45) is 3.53. The minimum atomic E-state index is 1.14. The molecule has 0 N–H and O–H groups in total. The van der Waals surface area contributed by atoms with E-state index in [2.05, 4.69) is 76.2 Å². The summed E-state index contributed by atoms with van der Waals surface area (Å²) in [5.74, 6) is 0. The van der Waals surface area contributed by atoms with Crippen molar-refractivity contribution in [1.82, 2.24) is 0 Å². The van der Waals surface area contributed by atoms with E-state index in [0.717, 1.165) is 12.8 Å². The Balaban J connectivity index is 0.000000323. The lowest BCUT2D eigenvalue weighted by atomic mass is 10.2. The summed E-state index contributed by atoms with van der Waals surface area (Å²) in [6, 6.07) is 32.9. The molecule has 134 valence electrons. The Labute approximate surface area is 155 Å². The van der Waals surface area contributed by atoms with Crippen LogP contribution in [0.4, 0.5) is 0 Å². The van der Waals surface area contributed by atoms with Crippen LogP contribution in [0.3, 0.4) is 0 Å².